The first-order valence-corrected chi connectivity index (χ1v) is 4.99. The number of nitrogens with zero attached hydrogens (tertiary/aromatic N) is 1. The molecule has 1 aromatic rings. The Bertz CT molecular complexity index is 426. The lowest BCUT2D eigenvalue weighted by molar-refractivity contribution is -0.384. The number of hydrogen-bond acceptors (Lipinski definition) is 5. The molecule has 0 heterocycles. The van der Waals surface area contributed by atoms with Crippen LogP contribution in [0.1, 0.15) is 0 Å². The van der Waals surface area contributed by atoms with Crippen LogP contribution in [0.4, 0.5) is 15.8 Å². The number of nitro benzene ring substituents is 1. The van der Waals surface area contributed by atoms with Gasteiger partial charge in [-0.05, 0) is 6.07 Å². The highest BCUT2D eigenvalue weighted by Gasteiger charge is 2.19. The van der Waals surface area contributed by atoms with Gasteiger partial charge in [-0.2, -0.15) is 0 Å². The highest BCUT2D eigenvalue weighted by molar-refractivity contribution is 6.31. The second-order valence-electron chi connectivity index (χ2n) is 3.25. The smallest absolute Gasteiger partial charge is 0.295 e. The van der Waals surface area contributed by atoms with Crippen molar-refractivity contribution in [1.82, 2.24) is 0 Å². The van der Waals surface area contributed by atoms with Crippen molar-refractivity contribution in [2.24, 2.45) is 0 Å². The van der Waals surface area contributed by atoms with Crippen LogP contribution in [0, 0.1) is 15.9 Å². The van der Waals surface area contributed by atoms with E-state index in [1.807, 2.05) is 0 Å². The van der Waals surface area contributed by atoms with Gasteiger partial charge in [0.1, 0.15) is 11.5 Å². The van der Waals surface area contributed by atoms with Crippen LogP contribution in [0.3, 0.4) is 0 Å². The van der Waals surface area contributed by atoms with Crippen molar-refractivity contribution in [2.75, 3.05) is 18.5 Å². The third-order valence-corrected chi connectivity index (χ3v) is 2.33. The molecule has 0 radical (unpaired) electrons. The number of rotatable bonds is 5. The topological polar surface area (TPSA) is 95.6 Å². The van der Waals surface area contributed by atoms with E-state index < -0.39 is 35.7 Å². The molecule has 17 heavy (non-hydrogen) atoms. The van der Waals surface area contributed by atoms with Gasteiger partial charge in [0.15, 0.2) is 0 Å². The fourth-order valence-electron chi connectivity index (χ4n) is 1.17. The Labute approximate surface area is 101 Å². The standard InChI is InChI=1S/C9H10ClFN2O4/c10-6-1-8(12-5(3-14)4-15)9(13(16)17)2-7(6)11/h1-2,5,12,14-15H,3-4H2. The summed E-state index contributed by atoms with van der Waals surface area (Å²) in [6.07, 6.45) is 0. The van der Waals surface area contributed by atoms with Crippen LogP contribution in [-0.4, -0.2) is 34.4 Å². The number of aliphatic hydroxyl groups is 2. The molecule has 0 amide bonds. The minimum absolute atomic E-state index is 0.0606. The average molecular weight is 265 g/mol. The molecule has 0 aliphatic heterocycles. The summed E-state index contributed by atoms with van der Waals surface area (Å²) >= 11 is 5.50. The molecule has 0 aromatic heterocycles. The summed E-state index contributed by atoms with van der Waals surface area (Å²) in [6, 6.07) is 0.930. The highest BCUT2D eigenvalue weighted by Crippen LogP contribution is 2.30. The molecule has 0 unspecified atom stereocenters. The van der Waals surface area contributed by atoms with Crippen molar-refractivity contribution in [3.63, 3.8) is 0 Å². The molecule has 1 aromatic carbocycles. The van der Waals surface area contributed by atoms with Crippen LogP contribution in [-0.2, 0) is 0 Å². The number of aliphatic hydroxyl groups excluding tert-OH is 2. The molecule has 0 fully saturated rings. The molecule has 0 aliphatic carbocycles. The molecule has 0 saturated carbocycles. The van der Waals surface area contributed by atoms with Gasteiger partial charge >= 0.3 is 0 Å². The fraction of sp³-hybridized carbons (Fsp3) is 0.333. The molecule has 0 aliphatic rings. The van der Waals surface area contributed by atoms with E-state index in [-0.39, 0.29) is 10.7 Å². The summed E-state index contributed by atoms with van der Waals surface area (Å²) in [5.74, 6) is -0.909. The zero-order valence-corrected chi connectivity index (χ0v) is 9.32. The van der Waals surface area contributed by atoms with Crippen LogP contribution in [0.2, 0.25) is 5.02 Å². The molecule has 0 atom stereocenters. The maximum absolute atomic E-state index is 13.1. The monoisotopic (exact) mass is 264 g/mol. The van der Waals surface area contributed by atoms with Crippen molar-refractivity contribution in [1.29, 1.82) is 0 Å². The van der Waals surface area contributed by atoms with E-state index in [9.17, 15) is 14.5 Å². The maximum atomic E-state index is 13.1. The predicted octanol–water partition coefficient (Wildman–Crippen LogP) is 1.15. The van der Waals surface area contributed by atoms with Crippen molar-refractivity contribution in [3.8, 4) is 0 Å². The molecule has 3 N–H and O–H groups in total. The van der Waals surface area contributed by atoms with Gasteiger partial charge in [-0.1, -0.05) is 11.6 Å². The summed E-state index contributed by atoms with van der Waals surface area (Å²) in [5, 5.41) is 30.6. The van der Waals surface area contributed by atoms with E-state index in [4.69, 9.17) is 21.8 Å². The number of benzene rings is 1. The summed E-state index contributed by atoms with van der Waals surface area (Å²) in [4.78, 5) is 9.89. The first kappa shape index (κ1) is 13.6. The number of halogens is 2. The van der Waals surface area contributed by atoms with E-state index in [1.54, 1.807) is 0 Å². The van der Waals surface area contributed by atoms with Gasteiger partial charge in [0.05, 0.1) is 35.3 Å². The van der Waals surface area contributed by atoms with Crippen molar-refractivity contribution in [3.05, 3.63) is 33.1 Å². The Balaban J connectivity index is 3.12. The number of anilines is 1. The van der Waals surface area contributed by atoms with Crippen LogP contribution in [0.5, 0.6) is 0 Å². The van der Waals surface area contributed by atoms with Gasteiger partial charge in [0.2, 0.25) is 0 Å². The largest absolute Gasteiger partial charge is 0.394 e. The average Bonchev–Trinajstić information content (AvgIpc) is 2.29. The van der Waals surface area contributed by atoms with Crippen LogP contribution < -0.4 is 5.32 Å². The van der Waals surface area contributed by atoms with Crippen LogP contribution in [0.25, 0.3) is 0 Å². The number of nitrogens with one attached hydrogen (secondary N) is 1. The van der Waals surface area contributed by atoms with E-state index in [1.165, 1.54) is 0 Å². The van der Waals surface area contributed by atoms with E-state index in [2.05, 4.69) is 5.32 Å². The summed E-state index contributed by atoms with van der Waals surface area (Å²) < 4.78 is 13.1. The van der Waals surface area contributed by atoms with Crippen molar-refractivity contribution < 1.29 is 19.5 Å². The third-order valence-electron chi connectivity index (χ3n) is 2.04. The Morgan fingerprint density at radius 3 is 2.53 bits per heavy atom. The molecule has 8 heteroatoms. The zero-order chi connectivity index (χ0) is 13.0. The Kier molecular flexibility index (Phi) is 4.62. The molecule has 0 spiro atoms. The fourth-order valence-corrected chi connectivity index (χ4v) is 1.34. The second kappa shape index (κ2) is 5.76. The van der Waals surface area contributed by atoms with Gasteiger partial charge in [0.25, 0.3) is 5.69 Å². The van der Waals surface area contributed by atoms with E-state index in [0.717, 1.165) is 6.07 Å². The highest BCUT2D eigenvalue weighted by atomic mass is 35.5. The molecule has 0 bridgehead atoms. The molecular weight excluding hydrogens is 255 g/mol. The summed E-state index contributed by atoms with van der Waals surface area (Å²) in [6.45, 7) is -0.856. The molecule has 6 nitrogen and oxygen atoms in total. The van der Waals surface area contributed by atoms with Gasteiger partial charge < -0.3 is 15.5 Å². The van der Waals surface area contributed by atoms with Gasteiger partial charge in [-0.25, -0.2) is 4.39 Å². The minimum Gasteiger partial charge on any atom is -0.394 e. The quantitative estimate of drug-likeness (QED) is 0.548. The lowest BCUT2D eigenvalue weighted by Crippen LogP contribution is -2.28. The maximum Gasteiger partial charge on any atom is 0.295 e. The first-order chi connectivity index (χ1) is 7.99. The summed E-state index contributed by atoms with van der Waals surface area (Å²) in [7, 11) is 0. The molecule has 1 rings (SSSR count). The zero-order valence-electron chi connectivity index (χ0n) is 8.56. The summed E-state index contributed by atoms with van der Waals surface area (Å²) in [5.41, 5.74) is -0.576. The lowest BCUT2D eigenvalue weighted by Gasteiger charge is -2.15. The van der Waals surface area contributed by atoms with Crippen molar-refractivity contribution >= 4 is 23.0 Å². The van der Waals surface area contributed by atoms with E-state index >= 15 is 0 Å². The van der Waals surface area contributed by atoms with Crippen molar-refractivity contribution in [2.45, 2.75) is 6.04 Å². The predicted molar refractivity (Wildman–Crippen MR) is 59.6 cm³/mol. The lowest BCUT2D eigenvalue weighted by atomic mass is 10.2. The molecular formula is C9H10ClFN2O4. The third kappa shape index (κ3) is 3.26. The number of nitro groups is 1. The van der Waals surface area contributed by atoms with Gasteiger partial charge in [0, 0.05) is 0 Å². The van der Waals surface area contributed by atoms with Crippen LogP contribution in [0.15, 0.2) is 12.1 Å². The minimum atomic E-state index is -0.909. The first-order valence-electron chi connectivity index (χ1n) is 4.61. The Hall–Kier alpha value is -1.44. The molecule has 94 valence electrons. The van der Waals surface area contributed by atoms with Gasteiger partial charge in [-0.3, -0.25) is 10.1 Å². The Morgan fingerprint density at radius 2 is 2.06 bits per heavy atom. The Morgan fingerprint density at radius 1 is 1.47 bits per heavy atom. The van der Waals surface area contributed by atoms with Gasteiger partial charge in [-0.15, -0.1) is 0 Å². The molecule has 0 saturated heterocycles. The SMILES string of the molecule is O=[N+]([O-])c1cc(F)c(Cl)cc1NC(CO)CO. The normalized spacial score (nSPS) is 10.6. The second-order valence-corrected chi connectivity index (χ2v) is 3.65. The van der Waals surface area contributed by atoms with E-state index in [0.29, 0.717) is 6.07 Å². The number of hydrogen-bond donors (Lipinski definition) is 3. The van der Waals surface area contributed by atoms with Crippen LogP contribution >= 0.6 is 11.6 Å².